The summed E-state index contributed by atoms with van der Waals surface area (Å²) in [4.78, 5) is 15.0. The van der Waals surface area contributed by atoms with Crippen molar-refractivity contribution in [3.63, 3.8) is 0 Å². The zero-order chi connectivity index (χ0) is 16.2. The molecular formula is C17H15N3O3. The molecule has 0 bridgehead atoms. The minimum absolute atomic E-state index is 0.0839. The Labute approximate surface area is 132 Å². The van der Waals surface area contributed by atoms with E-state index >= 15 is 0 Å². The summed E-state index contributed by atoms with van der Waals surface area (Å²) in [5, 5.41) is 14.5. The van der Waals surface area contributed by atoms with E-state index < -0.39 is 5.91 Å². The fourth-order valence-corrected chi connectivity index (χ4v) is 2.25. The van der Waals surface area contributed by atoms with Gasteiger partial charge in [-0.2, -0.15) is 5.10 Å². The number of methoxy groups -OCH3 is 1. The van der Waals surface area contributed by atoms with Crippen LogP contribution in [-0.2, 0) is 0 Å². The molecule has 0 unspecified atom stereocenters. The second kappa shape index (κ2) is 6.23. The second-order valence-corrected chi connectivity index (χ2v) is 4.87. The third kappa shape index (κ3) is 3.01. The number of hydrogen-bond donors (Lipinski definition) is 3. The van der Waals surface area contributed by atoms with E-state index in [1.165, 1.54) is 12.1 Å². The number of carbonyl (C=O) groups is 1. The van der Waals surface area contributed by atoms with Gasteiger partial charge in [-0.3, -0.25) is 4.79 Å². The predicted octanol–water partition coefficient (Wildman–Crippen LogP) is 2.65. The molecule has 116 valence electrons. The number of benzene rings is 2. The number of nitrogens with zero attached hydrogens (tertiary/aromatic N) is 1. The van der Waals surface area contributed by atoms with Crippen molar-refractivity contribution in [1.82, 2.24) is 10.4 Å². The Morgan fingerprint density at radius 3 is 2.91 bits per heavy atom. The van der Waals surface area contributed by atoms with Crippen molar-refractivity contribution in [2.24, 2.45) is 5.10 Å². The average Bonchev–Trinajstić information content (AvgIpc) is 2.97. The zero-order valence-corrected chi connectivity index (χ0v) is 12.4. The summed E-state index contributed by atoms with van der Waals surface area (Å²) in [5.41, 5.74) is 4.32. The largest absolute Gasteiger partial charge is 0.507 e. The summed E-state index contributed by atoms with van der Waals surface area (Å²) < 4.78 is 5.17. The number of aromatic amines is 1. The molecule has 0 saturated heterocycles. The van der Waals surface area contributed by atoms with E-state index in [0.29, 0.717) is 0 Å². The van der Waals surface area contributed by atoms with Crippen LogP contribution in [0.15, 0.2) is 53.8 Å². The molecule has 0 fully saturated rings. The lowest BCUT2D eigenvalue weighted by atomic mass is 10.2. The van der Waals surface area contributed by atoms with Crippen LogP contribution >= 0.6 is 0 Å². The molecule has 0 aliphatic rings. The Bertz CT molecular complexity index is 884. The van der Waals surface area contributed by atoms with Gasteiger partial charge in [-0.15, -0.1) is 0 Å². The fourth-order valence-electron chi connectivity index (χ4n) is 2.25. The van der Waals surface area contributed by atoms with E-state index in [0.717, 1.165) is 22.2 Å². The van der Waals surface area contributed by atoms with Crippen LogP contribution in [0.25, 0.3) is 10.9 Å². The number of hydrazone groups is 1. The number of rotatable bonds is 4. The van der Waals surface area contributed by atoms with Gasteiger partial charge in [-0.05, 0) is 24.3 Å². The van der Waals surface area contributed by atoms with Gasteiger partial charge in [0, 0.05) is 28.7 Å². The van der Waals surface area contributed by atoms with Gasteiger partial charge >= 0.3 is 0 Å². The van der Waals surface area contributed by atoms with Crippen LogP contribution in [0.1, 0.15) is 15.9 Å². The topological polar surface area (TPSA) is 86.7 Å². The smallest absolute Gasteiger partial charge is 0.275 e. The molecule has 3 aromatic rings. The molecule has 0 saturated carbocycles. The highest BCUT2D eigenvalue weighted by Gasteiger charge is 2.09. The van der Waals surface area contributed by atoms with E-state index in [4.69, 9.17) is 4.74 Å². The van der Waals surface area contributed by atoms with Crippen molar-refractivity contribution in [3.8, 4) is 11.5 Å². The standard InChI is InChI=1S/C17H15N3O3/c1-23-12-6-7-13-11(9-18-15(13)8-12)10-19-20-17(22)14-4-2-3-5-16(14)21/h2-10,18,21H,1H3,(H,20,22). The molecule has 6 heteroatoms. The minimum Gasteiger partial charge on any atom is -0.507 e. The van der Waals surface area contributed by atoms with E-state index in [1.54, 1.807) is 31.7 Å². The maximum Gasteiger partial charge on any atom is 0.275 e. The Kier molecular flexibility index (Phi) is 3.97. The number of carbonyl (C=O) groups excluding carboxylic acids is 1. The number of phenolic OH excluding ortho intramolecular Hbond substituents is 1. The van der Waals surface area contributed by atoms with E-state index in [2.05, 4.69) is 15.5 Å². The number of H-pyrrole nitrogens is 1. The van der Waals surface area contributed by atoms with Crippen molar-refractivity contribution >= 4 is 23.0 Å². The first kappa shape index (κ1) is 14.6. The molecule has 0 atom stereocenters. The van der Waals surface area contributed by atoms with E-state index in [1.807, 2.05) is 18.2 Å². The molecule has 1 heterocycles. The van der Waals surface area contributed by atoms with Crippen LogP contribution < -0.4 is 10.2 Å². The van der Waals surface area contributed by atoms with Crippen molar-refractivity contribution in [1.29, 1.82) is 0 Å². The van der Waals surface area contributed by atoms with E-state index in [9.17, 15) is 9.90 Å². The molecular weight excluding hydrogens is 294 g/mol. The third-order valence-electron chi connectivity index (χ3n) is 3.44. The van der Waals surface area contributed by atoms with Crippen molar-refractivity contribution in [3.05, 3.63) is 59.8 Å². The molecule has 23 heavy (non-hydrogen) atoms. The van der Waals surface area contributed by atoms with Crippen molar-refractivity contribution in [2.75, 3.05) is 7.11 Å². The van der Waals surface area contributed by atoms with Gasteiger partial charge in [0.05, 0.1) is 18.9 Å². The highest BCUT2D eigenvalue weighted by molar-refractivity contribution is 6.01. The van der Waals surface area contributed by atoms with Gasteiger partial charge in [-0.1, -0.05) is 12.1 Å². The summed E-state index contributed by atoms with van der Waals surface area (Å²) in [6.07, 6.45) is 3.34. The number of hydrogen-bond acceptors (Lipinski definition) is 4. The van der Waals surface area contributed by atoms with Crippen LogP contribution in [-0.4, -0.2) is 29.3 Å². The third-order valence-corrected chi connectivity index (χ3v) is 3.44. The van der Waals surface area contributed by atoms with Gasteiger partial charge in [0.25, 0.3) is 5.91 Å². The number of fused-ring (bicyclic) bond motifs is 1. The van der Waals surface area contributed by atoms with Gasteiger partial charge in [0.1, 0.15) is 11.5 Å². The second-order valence-electron chi connectivity index (χ2n) is 4.87. The number of aromatic hydroxyl groups is 1. The first-order valence-corrected chi connectivity index (χ1v) is 6.95. The van der Waals surface area contributed by atoms with Crippen LogP contribution in [0.3, 0.4) is 0 Å². The van der Waals surface area contributed by atoms with Crippen LogP contribution in [0.4, 0.5) is 0 Å². The van der Waals surface area contributed by atoms with Gasteiger partial charge in [0.15, 0.2) is 0 Å². The molecule has 3 rings (SSSR count). The van der Waals surface area contributed by atoms with E-state index in [-0.39, 0.29) is 11.3 Å². The number of nitrogens with one attached hydrogen (secondary N) is 2. The first-order chi connectivity index (χ1) is 11.2. The predicted molar refractivity (Wildman–Crippen MR) is 88.0 cm³/mol. The summed E-state index contributed by atoms with van der Waals surface area (Å²) in [6, 6.07) is 11.9. The monoisotopic (exact) mass is 309 g/mol. The minimum atomic E-state index is -0.471. The summed E-state index contributed by atoms with van der Waals surface area (Å²) in [5.74, 6) is 0.205. The Balaban J connectivity index is 1.76. The Hall–Kier alpha value is -3.28. The summed E-state index contributed by atoms with van der Waals surface area (Å²) in [7, 11) is 1.61. The molecule has 0 radical (unpaired) electrons. The number of para-hydroxylation sites is 1. The number of aromatic nitrogens is 1. The molecule has 1 amide bonds. The lowest BCUT2D eigenvalue weighted by Gasteiger charge is -2.01. The SMILES string of the molecule is COc1ccc2c(C=NNC(=O)c3ccccc3O)c[nH]c2c1. The summed E-state index contributed by atoms with van der Waals surface area (Å²) >= 11 is 0. The molecule has 0 aliphatic heterocycles. The number of amides is 1. The normalized spacial score (nSPS) is 11.0. The lowest BCUT2D eigenvalue weighted by Crippen LogP contribution is -2.17. The van der Waals surface area contributed by atoms with Gasteiger partial charge in [0.2, 0.25) is 0 Å². The van der Waals surface area contributed by atoms with Crippen molar-refractivity contribution in [2.45, 2.75) is 0 Å². The van der Waals surface area contributed by atoms with Crippen molar-refractivity contribution < 1.29 is 14.6 Å². The number of ether oxygens (including phenoxy) is 1. The Morgan fingerprint density at radius 2 is 2.13 bits per heavy atom. The highest BCUT2D eigenvalue weighted by atomic mass is 16.5. The maximum absolute atomic E-state index is 11.9. The van der Waals surface area contributed by atoms with Gasteiger partial charge < -0.3 is 14.8 Å². The molecule has 0 spiro atoms. The number of phenols is 1. The van der Waals surface area contributed by atoms with Crippen LogP contribution in [0.5, 0.6) is 11.5 Å². The quantitative estimate of drug-likeness (QED) is 0.511. The molecule has 1 aromatic heterocycles. The summed E-state index contributed by atoms with van der Waals surface area (Å²) in [6.45, 7) is 0. The molecule has 3 N–H and O–H groups in total. The first-order valence-electron chi connectivity index (χ1n) is 6.95. The fraction of sp³-hybridized carbons (Fsp3) is 0.0588. The molecule has 2 aromatic carbocycles. The lowest BCUT2D eigenvalue weighted by molar-refractivity contribution is 0.0952. The van der Waals surface area contributed by atoms with Crippen LogP contribution in [0.2, 0.25) is 0 Å². The molecule has 0 aliphatic carbocycles. The average molecular weight is 309 g/mol. The highest BCUT2D eigenvalue weighted by Crippen LogP contribution is 2.22. The van der Waals surface area contributed by atoms with Crippen LogP contribution in [0, 0.1) is 0 Å². The Morgan fingerprint density at radius 1 is 1.30 bits per heavy atom. The maximum atomic E-state index is 11.9. The van der Waals surface area contributed by atoms with Gasteiger partial charge in [-0.25, -0.2) is 5.43 Å². The zero-order valence-electron chi connectivity index (χ0n) is 12.4. The molecule has 6 nitrogen and oxygen atoms in total.